The molecule has 0 bridgehead atoms. The highest BCUT2D eigenvalue weighted by Gasteiger charge is 2.28. The third-order valence-corrected chi connectivity index (χ3v) is 3.13. The molecule has 4 heteroatoms. The first-order valence-electron chi connectivity index (χ1n) is 5.49. The van der Waals surface area contributed by atoms with Crippen LogP contribution >= 0.6 is 11.6 Å². The number of halogens is 2. The van der Waals surface area contributed by atoms with E-state index >= 15 is 0 Å². The first kappa shape index (κ1) is 11.8. The molecule has 0 aliphatic heterocycles. The Labute approximate surface area is 99.6 Å². The molecule has 88 valence electrons. The molecule has 1 fully saturated rings. The minimum atomic E-state index is -0.376. The quantitative estimate of drug-likeness (QED) is 0.859. The van der Waals surface area contributed by atoms with Gasteiger partial charge in [0.25, 0.3) is 0 Å². The SMILES string of the molecule is OCCN(Cc1ccc(Cl)c(F)c1)C1CC1. The van der Waals surface area contributed by atoms with Crippen molar-refractivity contribution in [3.8, 4) is 0 Å². The van der Waals surface area contributed by atoms with Crippen molar-refractivity contribution >= 4 is 11.6 Å². The van der Waals surface area contributed by atoms with Crippen molar-refractivity contribution in [3.05, 3.63) is 34.6 Å². The first-order chi connectivity index (χ1) is 7.70. The maximum absolute atomic E-state index is 13.2. The molecule has 0 atom stereocenters. The lowest BCUT2D eigenvalue weighted by Crippen LogP contribution is -2.28. The molecule has 1 aliphatic rings. The van der Waals surface area contributed by atoms with Gasteiger partial charge in [0.2, 0.25) is 0 Å². The summed E-state index contributed by atoms with van der Waals surface area (Å²) in [5.41, 5.74) is 0.905. The molecule has 0 amide bonds. The van der Waals surface area contributed by atoms with Crippen LogP contribution in [0.1, 0.15) is 18.4 Å². The van der Waals surface area contributed by atoms with Crippen LogP contribution in [-0.2, 0) is 6.54 Å². The normalized spacial score (nSPS) is 15.8. The zero-order chi connectivity index (χ0) is 11.5. The highest BCUT2D eigenvalue weighted by molar-refractivity contribution is 6.30. The molecule has 0 spiro atoms. The fourth-order valence-electron chi connectivity index (χ4n) is 1.83. The van der Waals surface area contributed by atoms with Crippen LogP contribution in [0.3, 0.4) is 0 Å². The zero-order valence-electron chi connectivity index (χ0n) is 9.00. The third-order valence-electron chi connectivity index (χ3n) is 2.82. The van der Waals surface area contributed by atoms with Gasteiger partial charge in [0.1, 0.15) is 5.82 Å². The molecule has 1 aliphatic carbocycles. The van der Waals surface area contributed by atoms with Crippen molar-refractivity contribution in [2.45, 2.75) is 25.4 Å². The Bertz CT molecular complexity index is 368. The molecule has 0 saturated heterocycles. The minimum absolute atomic E-state index is 0.145. The van der Waals surface area contributed by atoms with Gasteiger partial charge in [-0.25, -0.2) is 4.39 Å². The van der Waals surface area contributed by atoms with Crippen LogP contribution in [0.4, 0.5) is 4.39 Å². The Morgan fingerprint density at radius 1 is 1.44 bits per heavy atom. The molecule has 0 radical (unpaired) electrons. The largest absolute Gasteiger partial charge is 0.395 e. The lowest BCUT2D eigenvalue weighted by molar-refractivity contribution is 0.183. The Kier molecular flexibility index (Phi) is 3.79. The van der Waals surface area contributed by atoms with Crippen LogP contribution < -0.4 is 0 Å². The van der Waals surface area contributed by atoms with Gasteiger partial charge in [-0.3, -0.25) is 4.90 Å². The predicted molar refractivity (Wildman–Crippen MR) is 61.9 cm³/mol. The summed E-state index contributed by atoms with van der Waals surface area (Å²) >= 11 is 5.62. The summed E-state index contributed by atoms with van der Waals surface area (Å²) < 4.78 is 13.2. The number of hydrogen-bond donors (Lipinski definition) is 1. The molecule has 2 rings (SSSR count). The molecule has 1 N–H and O–H groups in total. The maximum atomic E-state index is 13.2. The number of benzene rings is 1. The summed E-state index contributed by atoms with van der Waals surface area (Å²) in [5.74, 6) is -0.376. The van der Waals surface area contributed by atoms with E-state index in [1.165, 1.54) is 18.9 Å². The highest BCUT2D eigenvalue weighted by Crippen LogP contribution is 2.28. The fraction of sp³-hybridized carbons (Fsp3) is 0.500. The molecule has 0 unspecified atom stereocenters. The van der Waals surface area contributed by atoms with Gasteiger partial charge >= 0.3 is 0 Å². The van der Waals surface area contributed by atoms with E-state index < -0.39 is 0 Å². The van der Waals surface area contributed by atoms with Gasteiger partial charge in [-0.15, -0.1) is 0 Å². The third kappa shape index (κ3) is 2.94. The standard InChI is InChI=1S/C12H15ClFNO/c13-11-4-1-9(7-12(11)14)8-15(5-6-16)10-2-3-10/h1,4,7,10,16H,2-3,5-6,8H2. The molecular weight excluding hydrogens is 229 g/mol. The van der Waals surface area contributed by atoms with E-state index in [0.29, 0.717) is 19.1 Å². The van der Waals surface area contributed by atoms with E-state index in [0.717, 1.165) is 5.56 Å². The molecule has 0 aromatic heterocycles. The molecule has 16 heavy (non-hydrogen) atoms. The zero-order valence-corrected chi connectivity index (χ0v) is 9.75. The van der Waals surface area contributed by atoms with Crippen molar-refractivity contribution in [3.63, 3.8) is 0 Å². The van der Waals surface area contributed by atoms with Crippen LogP contribution in [0, 0.1) is 5.82 Å². The molecular formula is C12H15ClFNO. The first-order valence-corrected chi connectivity index (χ1v) is 5.87. The van der Waals surface area contributed by atoms with Crippen LogP contribution in [0.25, 0.3) is 0 Å². The molecule has 1 aromatic carbocycles. The number of rotatable bonds is 5. The van der Waals surface area contributed by atoms with E-state index in [2.05, 4.69) is 4.90 Å². The minimum Gasteiger partial charge on any atom is -0.395 e. The second-order valence-electron chi connectivity index (χ2n) is 4.17. The monoisotopic (exact) mass is 243 g/mol. The van der Waals surface area contributed by atoms with Gasteiger partial charge in [-0.1, -0.05) is 17.7 Å². The van der Waals surface area contributed by atoms with Gasteiger partial charge in [-0.05, 0) is 30.5 Å². The summed E-state index contributed by atoms with van der Waals surface area (Å²) in [5, 5.41) is 9.11. The van der Waals surface area contributed by atoms with Crippen molar-refractivity contribution in [2.75, 3.05) is 13.2 Å². The number of hydrogen-bond acceptors (Lipinski definition) is 2. The maximum Gasteiger partial charge on any atom is 0.142 e. The van der Waals surface area contributed by atoms with Crippen LogP contribution in [-0.4, -0.2) is 29.2 Å². The van der Waals surface area contributed by atoms with Gasteiger partial charge < -0.3 is 5.11 Å². The second-order valence-corrected chi connectivity index (χ2v) is 4.58. The summed E-state index contributed by atoms with van der Waals surface area (Å²) in [6.07, 6.45) is 2.35. The van der Waals surface area contributed by atoms with E-state index in [-0.39, 0.29) is 17.4 Å². The summed E-state index contributed by atoms with van der Waals surface area (Å²) in [6, 6.07) is 5.44. The average Bonchev–Trinajstić information content (AvgIpc) is 3.06. The lowest BCUT2D eigenvalue weighted by atomic mass is 10.2. The van der Waals surface area contributed by atoms with Crippen molar-refractivity contribution in [1.82, 2.24) is 4.90 Å². The van der Waals surface area contributed by atoms with Gasteiger partial charge in [0.15, 0.2) is 0 Å². The number of aliphatic hydroxyl groups excluding tert-OH is 1. The van der Waals surface area contributed by atoms with Gasteiger partial charge in [0, 0.05) is 19.1 Å². The number of aliphatic hydroxyl groups is 1. The number of nitrogens with zero attached hydrogens (tertiary/aromatic N) is 1. The van der Waals surface area contributed by atoms with E-state index in [9.17, 15) is 4.39 Å². The smallest absolute Gasteiger partial charge is 0.142 e. The fourth-order valence-corrected chi connectivity index (χ4v) is 1.95. The highest BCUT2D eigenvalue weighted by atomic mass is 35.5. The Morgan fingerprint density at radius 2 is 2.19 bits per heavy atom. The van der Waals surface area contributed by atoms with Crippen LogP contribution in [0.15, 0.2) is 18.2 Å². The van der Waals surface area contributed by atoms with Crippen molar-refractivity contribution < 1.29 is 9.50 Å². The summed E-state index contributed by atoms with van der Waals surface area (Å²) in [4.78, 5) is 2.18. The molecule has 1 aromatic rings. The van der Waals surface area contributed by atoms with E-state index in [4.69, 9.17) is 16.7 Å². The Balaban J connectivity index is 2.03. The van der Waals surface area contributed by atoms with Crippen molar-refractivity contribution in [1.29, 1.82) is 0 Å². The Morgan fingerprint density at radius 3 is 2.75 bits per heavy atom. The lowest BCUT2D eigenvalue weighted by Gasteiger charge is -2.20. The Hall–Kier alpha value is -0.640. The summed E-state index contributed by atoms with van der Waals surface area (Å²) in [6.45, 7) is 1.47. The topological polar surface area (TPSA) is 23.5 Å². The van der Waals surface area contributed by atoms with Gasteiger partial charge in [-0.2, -0.15) is 0 Å². The predicted octanol–water partition coefficient (Wildman–Crippen LogP) is 2.44. The van der Waals surface area contributed by atoms with E-state index in [1.54, 1.807) is 6.07 Å². The molecule has 0 heterocycles. The van der Waals surface area contributed by atoms with Crippen LogP contribution in [0.2, 0.25) is 5.02 Å². The molecule has 2 nitrogen and oxygen atoms in total. The van der Waals surface area contributed by atoms with Crippen LogP contribution in [0.5, 0.6) is 0 Å². The summed E-state index contributed by atoms with van der Waals surface area (Å²) in [7, 11) is 0. The molecule has 1 saturated carbocycles. The van der Waals surface area contributed by atoms with E-state index in [1.807, 2.05) is 6.07 Å². The van der Waals surface area contributed by atoms with Gasteiger partial charge in [0.05, 0.1) is 11.6 Å². The van der Waals surface area contributed by atoms with Crippen molar-refractivity contribution in [2.24, 2.45) is 0 Å². The average molecular weight is 244 g/mol. The second kappa shape index (κ2) is 5.13.